The molecule has 0 unspecified atom stereocenters. The van der Waals surface area contributed by atoms with Gasteiger partial charge in [-0.1, -0.05) is 48.0 Å². The Morgan fingerprint density at radius 2 is 1.61 bits per heavy atom. The third-order valence-corrected chi connectivity index (χ3v) is 3.94. The Labute approximate surface area is 133 Å². The molecule has 0 radical (unpaired) electrons. The number of aromatic nitrogens is 2. The summed E-state index contributed by atoms with van der Waals surface area (Å²) in [5, 5.41) is 0. The van der Waals surface area contributed by atoms with Crippen molar-refractivity contribution in [1.29, 1.82) is 0 Å². The molecule has 0 spiro atoms. The number of imidazole rings is 1. The van der Waals surface area contributed by atoms with Crippen LogP contribution in [0.4, 0.5) is 4.39 Å². The normalized spacial score (nSPS) is 11.0. The number of hydrogen-bond donors (Lipinski definition) is 0. The summed E-state index contributed by atoms with van der Waals surface area (Å²) >= 11 is 0. The molecule has 0 aliphatic heterocycles. The third-order valence-electron chi connectivity index (χ3n) is 3.94. The second-order valence-corrected chi connectivity index (χ2v) is 5.61. The summed E-state index contributed by atoms with van der Waals surface area (Å²) in [6, 6.07) is 22.8. The van der Waals surface area contributed by atoms with Gasteiger partial charge in [0.1, 0.15) is 11.6 Å². The standard InChI is InChI=1S/C20H15FN2/c1-14-7-10-17(11-8-14)23-19-13-16(21)9-12-18(19)22-20(23)15-5-3-2-4-6-15/h2-13H,1H3. The number of benzene rings is 3. The summed E-state index contributed by atoms with van der Waals surface area (Å²) in [4.78, 5) is 4.72. The largest absolute Gasteiger partial charge is 0.292 e. The van der Waals surface area contributed by atoms with Gasteiger partial charge in [0, 0.05) is 17.3 Å². The van der Waals surface area contributed by atoms with Crippen LogP contribution in [0.3, 0.4) is 0 Å². The molecule has 3 heteroatoms. The van der Waals surface area contributed by atoms with E-state index in [1.807, 2.05) is 54.0 Å². The van der Waals surface area contributed by atoms with E-state index in [1.54, 1.807) is 6.07 Å². The van der Waals surface area contributed by atoms with Gasteiger partial charge in [-0.05, 0) is 31.2 Å². The fourth-order valence-electron chi connectivity index (χ4n) is 2.78. The van der Waals surface area contributed by atoms with Gasteiger partial charge in [-0.2, -0.15) is 0 Å². The number of nitrogens with zero attached hydrogens (tertiary/aromatic N) is 2. The highest BCUT2D eigenvalue weighted by Gasteiger charge is 2.14. The van der Waals surface area contributed by atoms with Crippen LogP contribution in [-0.2, 0) is 0 Å². The van der Waals surface area contributed by atoms with E-state index in [4.69, 9.17) is 4.98 Å². The number of halogens is 1. The smallest absolute Gasteiger partial charge is 0.145 e. The molecule has 0 atom stereocenters. The lowest BCUT2D eigenvalue weighted by molar-refractivity contribution is 0.629. The van der Waals surface area contributed by atoms with Gasteiger partial charge < -0.3 is 0 Å². The lowest BCUT2D eigenvalue weighted by atomic mass is 10.2. The van der Waals surface area contributed by atoms with E-state index in [9.17, 15) is 4.39 Å². The van der Waals surface area contributed by atoms with E-state index in [0.29, 0.717) is 0 Å². The van der Waals surface area contributed by atoms with E-state index in [1.165, 1.54) is 17.7 Å². The zero-order valence-electron chi connectivity index (χ0n) is 12.7. The van der Waals surface area contributed by atoms with Crippen LogP contribution in [-0.4, -0.2) is 9.55 Å². The van der Waals surface area contributed by atoms with Gasteiger partial charge in [0.2, 0.25) is 0 Å². The van der Waals surface area contributed by atoms with Crippen molar-refractivity contribution < 1.29 is 4.39 Å². The number of aryl methyl sites for hydroxylation is 1. The van der Waals surface area contributed by atoms with Crippen molar-refractivity contribution in [3.8, 4) is 17.1 Å². The molecule has 2 nitrogen and oxygen atoms in total. The summed E-state index contributed by atoms with van der Waals surface area (Å²) in [6.45, 7) is 2.05. The molecule has 0 N–H and O–H groups in total. The predicted molar refractivity (Wildman–Crippen MR) is 91.2 cm³/mol. The number of fused-ring (bicyclic) bond motifs is 1. The van der Waals surface area contributed by atoms with E-state index >= 15 is 0 Å². The van der Waals surface area contributed by atoms with Crippen LogP contribution in [0.5, 0.6) is 0 Å². The molecule has 0 bridgehead atoms. The summed E-state index contributed by atoms with van der Waals surface area (Å²) in [7, 11) is 0. The Kier molecular flexibility index (Phi) is 3.19. The summed E-state index contributed by atoms with van der Waals surface area (Å²) in [5.74, 6) is 0.556. The molecular weight excluding hydrogens is 287 g/mol. The van der Waals surface area contributed by atoms with Gasteiger partial charge in [0.05, 0.1) is 11.0 Å². The quantitative estimate of drug-likeness (QED) is 0.501. The monoisotopic (exact) mass is 302 g/mol. The summed E-state index contributed by atoms with van der Waals surface area (Å²) in [6.07, 6.45) is 0. The van der Waals surface area contributed by atoms with Gasteiger partial charge in [0.25, 0.3) is 0 Å². The van der Waals surface area contributed by atoms with Crippen LogP contribution < -0.4 is 0 Å². The maximum atomic E-state index is 13.8. The molecular formula is C20H15FN2. The first kappa shape index (κ1) is 13.7. The first-order valence-corrected chi connectivity index (χ1v) is 7.53. The minimum Gasteiger partial charge on any atom is -0.292 e. The van der Waals surface area contributed by atoms with Gasteiger partial charge in [-0.3, -0.25) is 4.57 Å². The Balaban J connectivity index is 2.06. The highest BCUT2D eigenvalue weighted by Crippen LogP contribution is 2.29. The molecule has 3 aromatic carbocycles. The highest BCUT2D eigenvalue weighted by atomic mass is 19.1. The average Bonchev–Trinajstić information content (AvgIpc) is 2.95. The van der Waals surface area contributed by atoms with E-state index < -0.39 is 0 Å². The SMILES string of the molecule is Cc1ccc(-n2c(-c3ccccc3)nc3ccc(F)cc32)cc1. The fraction of sp³-hybridized carbons (Fsp3) is 0.0500. The minimum absolute atomic E-state index is 0.259. The first-order chi connectivity index (χ1) is 11.2. The lowest BCUT2D eigenvalue weighted by Crippen LogP contribution is -1.97. The van der Waals surface area contributed by atoms with Gasteiger partial charge in [-0.25, -0.2) is 9.37 Å². The van der Waals surface area contributed by atoms with Crippen molar-refractivity contribution in [2.24, 2.45) is 0 Å². The second kappa shape index (κ2) is 5.36. The summed E-state index contributed by atoms with van der Waals surface area (Å²) in [5.41, 5.74) is 4.72. The molecule has 0 aliphatic carbocycles. The second-order valence-electron chi connectivity index (χ2n) is 5.61. The maximum absolute atomic E-state index is 13.8. The van der Waals surface area contributed by atoms with Crippen LogP contribution in [0, 0.1) is 12.7 Å². The molecule has 0 amide bonds. The molecule has 0 saturated carbocycles. The van der Waals surface area contributed by atoms with Crippen LogP contribution in [0.2, 0.25) is 0 Å². The van der Waals surface area contributed by atoms with E-state index in [2.05, 4.69) is 12.1 Å². The van der Waals surface area contributed by atoms with Crippen molar-refractivity contribution in [3.05, 3.63) is 84.2 Å². The minimum atomic E-state index is -0.259. The van der Waals surface area contributed by atoms with Gasteiger partial charge in [-0.15, -0.1) is 0 Å². The lowest BCUT2D eigenvalue weighted by Gasteiger charge is -2.10. The molecule has 0 aliphatic rings. The molecule has 112 valence electrons. The highest BCUT2D eigenvalue weighted by molar-refractivity contribution is 5.83. The van der Waals surface area contributed by atoms with Crippen molar-refractivity contribution in [2.75, 3.05) is 0 Å². The predicted octanol–water partition coefficient (Wildman–Crippen LogP) is 5.14. The average molecular weight is 302 g/mol. The Hall–Kier alpha value is -2.94. The van der Waals surface area contributed by atoms with Crippen molar-refractivity contribution in [2.45, 2.75) is 6.92 Å². The molecule has 1 aromatic heterocycles. The molecule has 1 heterocycles. The topological polar surface area (TPSA) is 17.8 Å². The molecule has 23 heavy (non-hydrogen) atoms. The maximum Gasteiger partial charge on any atom is 0.145 e. The van der Waals surface area contributed by atoms with Crippen LogP contribution >= 0.6 is 0 Å². The Bertz CT molecular complexity index is 970. The fourth-order valence-corrected chi connectivity index (χ4v) is 2.78. The Morgan fingerprint density at radius 1 is 0.870 bits per heavy atom. The molecule has 0 fully saturated rings. The van der Waals surface area contributed by atoms with Crippen molar-refractivity contribution in [3.63, 3.8) is 0 Å². The van der Waals surface area contributed by atoms with E-state index in [-0.39, 0.29) is 5.82 Å². The summed E-state index contributed by atoms with van der Waals surface area (Å²) < 4.78 is 15.8. The van der Waals surface area contributed by atoms with Gasteiger partial charge in [0.15, 0.2) is 0 Å². The molecule has 4 aromatic rings. The first-order valence-electron chi connectivity index (χ1n) is 7.53. The number of hydrogen-bond acceptors (Lipinski definition) is 1. The Morgan fingerprint density at radius 3 is 2.35 bits per heavy atom. The molecule has 0 saturated heterocycles. The van der Waals surface area contributed by atoms with Crippen molar-refractivity contribution >= 4 is 11.0 Å². The van der Waals surface area contributed by atoms with E-state index in [0.717, 1.165) is 28.1 Å². The zero-order chi connectivity index (χ0) is 15.8. The van der Waals surface area contributed by atoms with Crippen LogP contribution in [0.25, 0.3) is 28.1 Å². The number of rotatable bonds is 2. The zero-order valence-corrected chi connectivity index (χ0v) is 12.7. The van der Waals surface area contributed by atoms with Crippen molar-refractivity contribution in [1.82, 2.24) is 9.55 Å². The van der Waals surface area contributed by atoms with Crippen LogP contribution in [0.1, 0.15) is 5.56 Å². The van der Waals surface area contributed by atoms with Gasteiger partial charge >= 0.3 is 0 Å². The van der Waals surface area contributed by atoms with Crippen LogP contribution in [0.15, 0.2) is 72.8 Å². The molecule has 4 rings (SSSR count). The third kappa shape index (κ3) is 2.40.